The Bertz CT molecular complexity index is 511. The number of hydrogen-bond acceptors (Lipinski definition) is 6. The maximum atomic E-state index is 11.3. The monoisotopic (exact) mass is 474 g/mol. The zero-order valence-electron chi connectivity index (χ0n) is 21.8. The fourth-order valence-corrected chi connectivity index (χ4v) is 3.27. The van der Waals surface area contributed by atoms with Gasteiger partial charge in [0, 0.05) is 59.0 Å². The lowest BCUT2D eigenvalue weighted by Crippen LogP contribution is -2.28. The zero-order chi connectivity index (χ0) is 25.0. The van der Waals surface area contributed by atoms with Crippen molar-refractivity contribution in [3.05, 3.63) is 0 Å². The van der Waals surface area contributed by atoms with Gasteiger partial charge in [0.1, 0.15) is 0 Å². The van der Waals surface area contributed by atoms with Gasteiger partial charge >= 0.3 is 0 Å². The van der Waals surface area contributed by atoms with Crippen LogP contribution in [0, 0.1) is 0 Å². The largest absolute Gasteiger partial charge is 0.381 e. The van der Waals surface area contributed by atoms with Crippen molar-refractivity contribution in [3.8, 4) is 0 Å². The van der Waals surface area contributed by atoms with Gasteiger partial charge in [0.05, 0.1) is 11.2 Å². The Morgan fingerprint density at radius 1 is 0.697 bits per heavy atom. The van der Waals surface area contributed by atoms with Crippen LogP contribution < -0.4 is 11.1 Å². The molecule has 0 aliphatic heterocycles. The molecule has 0 aliphatic rings. The minimum absolute atomic E-state index is 0.0860. The highest BCUT2D eigenvalue weighted by molar-refractivity contribution is 5.75. The smallest absolute Gasteiger partial charge is 0.220 e. The second-order valence-electron chi connectivity index (χ2n) is 9.63. The number of nitrogens with two attached hydrogens (primary N) is 1. The Kier molecular flexibility index (Phi) is 18.4. The summed E-state index contributed by atoms with van der Waals surface area (Å²) < 4.78 is 23.2. The maximum Gasteiger partial charge on any atom is 0.220 e. The lowest BCUT2D eigenvalue weighted by molar-refractivity contribution is -0.121. The van der Waals surface area contributed by atoms with Gasteiger partial charge in [0.15, 0.2) is 0 Å². The fraction of sp³-hybridized carbons (Fsp3) is 0.920. The molecule has 196 valence electrons. The molecule has 2 amide bonds. The van der Waals surface area contributed by atoms with Crippen molar-refractivity contribution in [2.75, 3.05) is 46.2 Å². The molecule has 0 spiro atoms. The van der Waals surface area contributed by atoms with Gasteiger partial charge in [0.2, 0.25) is 11.8 Å². The van der Waals surface area contributed by atoms with E-state index in [1.807, 2.05) is 6.92 Å². The SMILES string of the molecule is CCNC(=O)CCCOCCCOCCCC(C)(C)OCCCC(C)(C)OCCCC(N)=O. The van der Waals surface area contributed by atoms with E-state index in [4.69, 9.17) is 24.7 Å². The van der Waals surface area contributed by atoms with E-state index in [-0.39, 0.29) is 23.0 Å². The van der Waals surface area contributed by atoms with Gasteiger partial charge in [0.25, 0.3) is 0 Å². The molecule has 0 atom stereocenters. The molecule has 0 saturated carbocycles. The van der Waals surface area contributed by atoms with E-state index in [0.717, 1.165) is 45.1 Å². The standard InChI is InChI=1S/C25H50N2O6/c1-6-27-23(29)13-8-16-30-18-11-19-31-17-9-14-24(2,3)33-21-10-15-25(4,5)32-20-7-12-22(26)28/h6-21H2,1-5H3,(H2,26,28)(H,27,29). The van der Waals surface area contributed by atoms with Crippen molar-refractivity contribution in [3.63, 3.8) is 0 Å². The first kappa shape index (κ1) is 31.8. The lowest BCUT2D eigenvalue weighted by Gasteiger charge is -2.28. The Morgan fingerprint density at radius 2 is 1.15 bits per heavy atom. The van der Waals surface area contributed by atoms with Crippen molar-refractivity contribution in [1.29, 1.82) is 0 Å². The van der Waals surface area contributed by atoms with Gasteiger partial charge in [-0.25, -0.2) is 0 Å². The van der Waals surface area contributed by atoms with Crippen LogP contribution in [0.5, 0.6) is 0 Å². The third-order valence-corrected chi connectivity index (χ3v) is 5.19. The summed E-state index contributed by atoms with van der Waals surface area (Å²) in [4.78, 5) is 22.1. The molecule has 0 aliphatic carbocycles. The predicted octanol–water partition coefficient (Wildman–Crippen LogP) is 3.74. The van der Waals surface area contributed by atoms with E-state index < -0.39 is 0 Å². The summed E-state index contributed by atoms with van der Waals surface area (Å²) in [6.07, 6.45) is 6.88. The van der Waals surface area contributed by atoms with Crippen LogP contribution in [0.3, 0.4) is 0 Å². The van der Waals surface area contributed by atoms with Gasteiger partial charge in [-0.15, -0.1) is 0 Å². The number of primary amides is 1. The van der Waals surface area contributed by atoms with Crippen molar-refractivity contribution in [2.24, 2.45) is 5.73 Å². The van der Waals surface area contributed by atoms with E-state index in [9.17, 15) is 9.59 Å². The first-order valence-corrected chi connectivity index (χ1v) is 12.6. The first-order valence-electron chi connectivity index (χ1n) is 12.6. The summed E-state index contributed by atoms with van der Waals surface area (Å²) in [6.45, 7) is 14.9. The third-order valence-electron chi connectivity index (χ3n) is 5.19. The second-order valence-corrected chi connectivity index (χ2v) is 9.63. The molecular formula is C25H50N2O6. The molecule has 0 rings (SSSR count). The van der Waals surface area contributed by atoms with Gasteiger partial charge in [-0.2, -0.15) is 0 Å². The highest BCUT2D eigenvalue weighted by atomic mass is 16.5. The summed E-state index contributed by atoms with van der Waals surface area (Å²) in [7, 11) is 0. The number of carbonyl (C=O) groups excluding carboxylic acids is 2. The number of ether oxygens (including phenoxy) is 4. The van der Waals surface area contributed by atoms with Crippen LogP contribution in [0.4, 0.5) is 0 Å². The molecule has 0 bridgehead atoms. The summed E-state index contributed by atoms with van der Waals surface area (Å²) in [5, 5.41) is 2.78. The summed E-state index contributed by atoms with van der Waals surface area (Å²) in [5.74, 6) is -0.198. The molecule has 8 heteroatoms. The number of rotatable bonds is 23. The maximum absolute atomic E-state index is 11.3. The van der Waals surface area contributed by atoms with Gasteiger partial charge in [-0.1, -0.05) is 0 Å². The van der Waals surface area contributed by atoms with Crippen LogP contribution in [-0.2, 0) is 28.5 Å². The number of nitrogens with one attached hydrogen (secondary N) is 1. The van der Waals surface area contributed by atoms with Gasteiger partial charge < -0.3 is 30.0 Å². The van der Waals surface area contributed by atoms with E-state index in [1.165, 1.54) is 0 Å². The molecule has 0 heterocycles. The van der Waals surface area contributed by atoms with E-state index in [0.29, 0.717) is 58.8 Å². The number of amides is 2. The van der Waals surface area contributed by atoms with Gasteiger partial charge in [-0.3, -0.25) is 9.59 Å². The van der Waals surface area contributed by atoms with Crippen LogP contribution in [-0.4, -0.2) is 69.2 Å². The average Bonchev–Trinajstić information content (AvgIpc) is 2.73. The van der Waals surface area contributed by atoms with Gasteiger partial charge in [-0.05, 0) is 79.6 Å². The minimum Gasteiger partial charge on any atom is -0.381 e. The van der Waals surface area contributed by atoms with Crippen molar-refractivity contribution in [1.82, 2.24) is 5.32 Å². The Labute approximate surface area is 201 Å². The van der Waals surface area contributed by atoms with E-state index >= 15 is 0 Å². The summed E-state index contributed by atoms with van der Waals surface area (Å²) in [5.41, 5.74) is 4.74. The van der Waals surface area contributed by atoms with Crippen LogP contribution in [0.15, 0.2) is 0 Å². The highest BCUT2D eigenvalue weighted by Crippen LogP contribution is 2.21. The normalized spacial score (nSPS) is 12.2. The molecule has 8 nitrogen and oxygen atoms in total. The topological polar surface area (TPSA) is 109 Å². The minimum atomic E-state index is -0.285. The third kappa shape index (κ3) is 22.3. The number of carbonyl (C=O) groups is 2. The fourth-order valence-electron chi connectivity index (χ4n) is 3.27. The number of hydrogen-bond donors (Lipinski definition) is 2. The zero-order valence-corrected chi connectivity index (χ0v) is 21.8. The predicted molar refractivity (Wildman–Crippen MR) is 131 cm³/mol. The quantitative estimate of drug-likeness (QED) is 0.218. The first-order chi connectivity index (χ1) is 15.6. The van der Waals surface area contributed by atoms with Crippen molar-refractivity contribution in [2.45, 2.75) is 104 Å². The Hall–Kier alpha value is -1.22. The second kappa shape index (κ2) is 19.1. The molecule has 0 saturated heterocycles. The Morgan fingerprint density at radius 3 is 1.70 bits per heavy atom. The van der Waals surface area contributed by atoms with E-state index in [1.54, 1.807) is 0 Å². The molecule has 3 N–H and O–H groups in total. The molecule has 33 heavy (non-hydrogen) atoms. The molecule has 0 aromatic carbocycles. The Balaban J connectivity index is 3.60. The summed E-state index contributed by atoms with van der Waals surface area (Å²) in [6, 6.07) is 0. The van der Waals surface area contributed by atoms with Crippen LogP contribution >= 0.6 is 0 Å². The van der Waals surface area contributed by atoms with Crippen molar-refractivity contribution < 1.29 is 28.5 Å². The van der Waals surface area contributed by atoms with Crippen LogP contribution in [0.1, 0.15) is 92.4 Å². The van der Waals surface area contributed by atoms with E-state index in [2.05, 4.69) is 33.0 Å². The molecule has 0 fully saturated rings. The van der Waals surface area contributed by atoms with Crippen LogP contribution in [0.2, 0.25) is 0 Å². The molecule has 0 aromatic heterocycles. The summed E-state index contributed by atoms with van der Waals surface area (Å²) >= 11 is 0. The molecule has 0 unspecified atom stereocenters. The molecule has 0 aromatic rings. The average molecular weight is 475 g/mol. The van der Waals surface area contributed by atoms with Crippen LogP contribution in [0.25, 0.3) is 0 Å². The highest BCUT2D eigenvalue weighted by Gasteiger charge is 2.21. The molecule has 0 radical (unpaired) electrons. The molecular weight excluding hydrogens is 424 g/mol. The lowest BCUT2D eigenvalue weighted by atomic mass is 10.0. The van der Waals surface area contributed by atoms with Crippen molar-refractivity contribution >= 4 is 11.8 Å².